The summed E-state index contributed by atoms with van der Waals surface area (Å²) >= 11 is 3.24. The first kappa shape index (κ1) is 36.3. The van der Waals surface area contributed by atoms with Crippen molar-refractivity contribution in [1.29, 1.82) is 10.5 Å². The highest BCUT2D eigenvalue weighted by Crippen LogP contribution is 2.64. The van der Waals surface area contributed by atoms with Gasteiger partial charge in [0.25, 0.3) is 0 Å². The molecule has 0 bridgehead atoms. The summed E-state index contributed by atoms with van der Waals surface area (Å²) in [5.41, 5.74) is 8.28. The number of thiophene rings is 2. The zero-order valence-electron chi connectivity index (χ0n) is 32.1. The number of ketones is 4. The first-order valence-electron chi connectivity index (χ1n) is 20.2. The molecule has 2 spiro atoms. The second-order valence-electron chi connectivity index (χ2n) is 16.7. The van der Waals surface area contributed by atoms with Crippen LogP contribution in [0.5, 0.6) is 0 Å². The molecule has 0 amide bonds. The van der Waals surface area contributed by atoms with Gasteiger partial charge in [-0.2, -0.15) is 10.5 Å². The maximum absolute atomic E-state index is 13.7. The van der Waals surface area contributed by atoms with Crippen molar-refractivity contribution in [1.82, 2.24) is 0 Å². The molecule has 8 nitrogen and oxygen atoms in total. The maximum Gasteiger partial charge on any atom is 0.197 e. The fraction of sp³-hybridized carbons (Fsp3) is 0.240. The van der Waals surface area contributed by atoms with Gasteiger partial charge in [-0.05, 0) is 108 Å². The van der Waals surface area contributed by atoms with Gasteiger partial charge in [0.2, 0.25) is 0 Å². The van der Waals surface area contributed by atoms with Crippen LogP contribution in [0.2, 0.25) is 0 Å². The third-order valence-corrected chi connectivity index (χ3v) is 16.1. The van der Waals surface area contributed by atoms with Gasteiger partial charge in [0.05, 0.1) is 35.4 Å². The Bertz CT molecular complexity index is 2860. The monoisotopic (exact) mass is 814 g/mol. The van der Waals surface area contributed by atoms with Crippen LogP contribution in [0, 0.1) is 35.8 Å². The van der Waals surface area contributed by atoms with E-state index >= 15 is 0 Å². The highest BCUT2D eigenvalue weighted by molar-refractivity contribution is 7.17. The van der Waals surface area contributed by atoms with E-state index in [1.54, 1.807) is 34.8 Å². The molecule has 5 aromatic rings. The van der Waals surface area contributed by atoms with E-state index in [0.717, 1.165) is 74.0 Å². The Balaban J connectivity index is 1.02. The molecule has 2 fully saturated rings. The zero-order chi connectivity index (χ0) is 41.2. The topological polar surface area (TPSA) is 125 Å². The molecule has 286 valence electrons. The van der Waals surface area contributed by atoms with E-state index < -0.39 is 23.1 Å². The van der Waals surface area contributed by atoms with Gasteiger partial charge in [0, 0.05) is 52.6 Å². The maximum atomic E-state index is 13.7. The highest BCUT2D eigenvalue weighted by atomic mass is 32.1. The summed E-state index contributed by atoms with van der Waals surface area (Å²) in [6.07, 6.45) is 14.0. The molecule has 0 N–H and O–H groups in total. The number of Topliss-reactive ketones (excluding diaryl/α,β-unsaturated/α-hetero) is 4. The third kappa shape index (κ3) is 4.72. The quantitative estimate of drug-likeness (QED) is 0.0992. The van der Waals surface area contributed by atoms with Crippen molar-refractivity contribution in [2.75, 3.05) is 0 Å². The first-order chi connectivity index (χ1) is 29.1. The number of nitrogens with zero attached hydrogens (tertiary/aromatic N) is 4. The van der Waals surface area contributed by atoms with E-state index in [1.165, 1.54) is 67.4 Å². The molecule has 2 saturated carbocycles. The lowest BCUT2D eigenvalue weighted by molar-refractivity contribution is 0.0975. The van der Waals surface area contributed by atoms with Crippen LogP contribution in [0.3, 0.4) is 0 Å². The average molecular weight is 815 g/mol. The Morgan fingerprint density at radius 3 is 1.22 bits per heavy atom. The minimum Gasteiger partial charge on any atom is -0.288 e. The zero-order valence-corrected chi connectivity index (χ0v) is 33.7. The lowest BCUT2D eigenvalue weighted by Gasteiger charge is -2.37. The molecule has 11 rings (SSSR count). The fourth-order valence-electron chi connectivity index (χ4n) is 11.1. The van der Waals surface area contributed by atoms with E-state index in [1.807, 2.05) is 12.1 Å². The van der Waals surface area contributed by atoms with E-state index in [4.69, 9.17) is 13.1 Å². The van der Waals surface area contributed by atoms with E-state index in [2.05, 4.69) is 34.0 Å². The normalized spacial score (nSPS) is 18.3. The molecule has 0 radical (unpaired) electrons. The molecular formula is C50H30N4O4S2. The second kappa shape index (κ2) is 12.8. The molecule has 2 aromatic heterocycles. The van der Waals surface area contributed by atoms with E-state index in [-0.39, 0.29) is 66.7 Å². The molecule has 60 heavy (non-hydrogen) atoms. The number of fused-ring (bicyclic) bond motifs is 12. The van der Waals surface area contributed by atoms with Gasteiger partial charge in [0.1, 0.15) is 12.1 Å². The van der Waals surface area contributed by atoms with Gasteiger partial charge in [-0.25, -0.2) is 0 Å². The van der Waals surface area contributed by atoms with Gasteiger partial charge in [-0.3, -0.25) is 28.9 Å². The van der Waals surface area contributed by atoms with Gasteiger partial charge in [-0.15, -0.1) is 22.7 Å². The van der Waals surface area contributed by atoms with Crippen LogP contribution in [-0.4, -0.2) is 23.1 Å². The van der Waals surface area contributed by atoms with Crippen LogP contribution in [0.25, 0.3) is 42.7 Å². The number of allylic oxidation sites excluding steroid dienone is 2. The van der Waals surface area contributed by atoms with Crippen LogP contribution < -0.4 is 0 Å². The number of nitriles is 2. The molecule has 6 aliphatic rings. The number of carbonyl (C=O) groups is 4. The Hall–Kier alpha value is -6.82. The van der Waals surface area contributed by atoms with Crippen molar-refractivity contribution in [3.05, 3.63) is 148 Å². The summed E-state index contributed by atoms with van der Waals surface area (Å²) in [5, 5.41) is 19.1. The molecule has 3 aromatic carbocycles. The van der Waals surface area contributed by atoms with Crippen molar-refractivity contribution in [3.63, 3.8) is 0 Å². The molecule has 0 saturated heterocycles. The number of rotatable bonds is 2. The SMILES string of the molecule is [C-]#[N+]c1cc2c(cc1[N+]#[C-])C(=O)C(=Cc1cc3c(s1)-c1cc4c(cc1C31CCCCC1)-c1sc(C=C3C(=O)c5cc(C#N)c(C#N)cc5C3=O)cc1C41CCCCC1)C2=O. The summed E-state index contributed by atoms with van der Waals surface area (Å²) in [4.78, 5) is 65.5. The number of carbonyl (C=O) groups excluding carboxylic acids is 4. The predicted octanol–water partition coefficient (Wildman–Crippen LogP) is 12.0. The lowest BCUT2D eigenvalue weighted by atomic mass is 9.66. The third-order valence-electron chi connectivity index (χ3n) is 13.9. The van der Waals surface area contributed by atoms with Crippen LogP contribution in [0.1, 0.15) is 149 Å². The fourth-order valence-corrected chi connectivity index (χ4v) is 13.6. The minimum absolute atomic E-state index is 0.0540. The summed E-state index contributed by atoms with van der Waals surface area (Å²) in [7, 11) is 0. The number of hydrogen-bond acceptors (Lipinski definition) is 8. The summed E-state index contributed by atoms with van der Waals surface area (Å²) < 4.78 is 0. The van der Waals surface area contributed by atoms with Crippen LogP contribution in [0.15, 0.2) is 59.7 Å². The van der Waals surface area contributed by atoms with Gasteiger partial charge < -0.3 is 0 Å². The molecule has 0 aliphatic heterocycles. The molecule has 0 atom stereocenters. The Morgan fingerprint density at radius 1 is 0.500 bits per heavy atom. The van der Waals surface area contributed by atoms with Crippen molar-refractivity contribution in [3.8, 4) is 33.0 Å². The Morgan fingerprint density at radius 2 is 0.867 bits per heavy atom. The first-order valence-corrected chi connectivity index (χ1v) is 21.8. The molecule has 6 aliphatic carbocycles. The predicted molar refractivity (Wildman–Crippen MR) is 229 cm³/mol. The highest BCUT2D eigenvalue weighted by Gasteiger charge is 2.50. The van der Waals surface area contributed by atoms with Crippen molar-refractivity contribution < 1.29 is 19.2 Å². The lowest BCUT2D eigenvalue weighted by Crippen LogP contribution is -2.29. The largest absolute Gasteiger partial charge is 0.288 e. The molecule has 0 unspecified atom stereocenters. The van der Waals surface area contributed by atoms with Crippen LogP contribution in [0.4, 0.5) is 11.4 Å². The van der Waals surface area contributed by atoms with Gasteiger partial charge in [-0.1, -0.05) is 50.7 Å². The van der Waals surface area contributed by atoms with E-state index in [9.17, 15) is 29.7 Å². The van der Waals surface area contributed by atoms with Gasteiger partial charge in [0.15, 0.2) is 34.5 Å². The van der Waals surface area contributed by atoms with E-state index in [0.29, 0.717) is 0 Å². The van der Waals surface area contributed by atoms with Crippen LogP contribution in [-0.2, 0) is 10.8 Å². The Labute approximate surface area is 353 Å². The van der Waals surface area contributed by atoms with Gasteiger partial charge >= 0.3 is 0 Å². The molecular weight excluding hydrogens is 785 g/mol. The van der Waals surface area contributed by atoms with Crippen molar-refractivity contribution in [2.24, 2.45) is 0 Å². The smallest absolute Gasteiger partial charge is 0.197 e. The van der Waals surface area contributed by atoms with Crippen molar-refractivity contribution in [2.45, 2.75) is 75.0 Å². The standard InChI is InChI=1S/C50H30N4O4S2/c1-53-41-21-31-32(22-42(41)54-2)46(58)36(45(31)57)16-28-18-40-48(60-28)34-20-37-33(19-38(34)50(40)11-7-4-8-12-50)47-39(49(37)9-5-3-6-10-49)17-27(59-47)15-35-43(55)29-13-25(23-51)26(24-52)14-30(29)44(35)56/h13-22H,3-12H2. The average Bonchev–Trinajstić information content (AvgIpc) is 4.09. The second-order valence-corrected chi connectivity index (χ2v) is 18.9. The number of benzene rings is 3. The van der Waals surface area contributed by atoms with Crippen molar-refractivity contribution >= 4 is 69.3 Å². The Kier molecular flexibility index (Phi) is 7.76. The minimum atomic E-state index is -0.426. The summed E-state index contributed by atoms with van der Waals surface area (Å²) in [6, 6.07) is 18.7. The van der Waals surface area contributed by atoms with Crippen LogP contribution >= 0.6 is 22.7 Å². The summed E-state index contributed by atoms with van der Waals surface area (Å²) in [5.74, 6) is -1.68. The molecule has 2 heterocycles. The number of hydrogen-bond donors (Lipinski definition) is 0. The molecule has 10 heteroatoms. The summed E-state index contributed by atoms with van der Waals surface area (Å²) in [6.45, 7) is 15.0.